The molecule has 0 nitrogen and oxygen atoms in total. The number of benzene rings is 1. The Morgan fingerprint density at radius 2 is 1.83 bits per heavy atom. The highest BCUT2D eigenvalue weighted by Gasteiger charge is 2.01. The Hall–Kier alpha value is -0.350. The van der Waals surface area contributed by atoms with Gasteiger partial charge in [0.25, 0.3) is 0 Å². The molecule has 0 fully saturated rings. The summed E-state index contributed by atoms with van der Waals surface area (Å²) in [5.74, 6) is 0. The average Bonchev–Trinajstić information content (AvgIpc) is 1.98. The third-order valence-corrected chi connectivity index (χ3v) is 3.48. The lowest BCUT2D eigenvalue weighted by Crippen LogP contribution is -2.05. The van der Waals surface area contributed by atoms with E-state index in [2.05, 4.69) is 45.9 Å². The summed E-state index contributed by atoms with van der Waals surface area (Å²) in [6.07, 6.45) is 0. The molecule has 1 aromatic rings. The largest absolute Gasteiger partial charge is 0.0875 e. The first-order valence-electron chi connectivity index (χ1n) is 4.44. The lowest BCUT2D eigenvalue weighted by molar-refractivity contribution is 1.11. The summed E-state index contributed by atoms with van der Waals surface area (Å²) in [7, 11) is 0.956. The molecular formula is C11H17P. The number of hydrogen-bond acceptors (Lipinski definition) is 0. The van der Waals surface area contributed by atoms with Gasteiger partial charge in [0, 0.05) is 0 Å². The molecular weight excluding hydrogens is 163 g/mol. The van der Waals surface area contributed by atoms with E-state index < -0.39 is 0 Å². The van der Waals surface area contributed by atoms with E-state index in [1.807, 2.05) is 0 Å². The molecule has 0 radical (unpaired) electrons. The summed E-state index contributed by atoms with van der Waals surface area (Å²) in [5, 5.41) is 1.53. The minimum atomic E-state index is 0.783. The van der Waals surface area contributed by atoms with Gasteiger partial charge in [0.2, 0.25) is 0 Å². The van der Waals surface area contributed by atoms with Gasteiger partial charge in [-0.2, -0.15) is 0 Å². The highest BCUT2D eigenvalue weighted by Crippen LogP contribution is 2.20. The summed E-state index contributed by atoms with van der Waals surface area (Å²) in [6.45, 7) is 8.96. The van der Waals surface area contributed by atoms with Crippen LogP contribution in [0.3, 0.4) is 0 Å². The van der Waals surface area contributed by atoms with Crippen molar-refractivity contribution in [1.82, 2.24) is 0 Å². The second-order valence-corrected chi connectivity index (χ2v) is 5.53. The van der Waals surface area contributed by atoms with Crippen molar-refractivity contribution in [1.29, 1.82) is 0 Å². The molecule has 0 saturated heterocycles. The van der Waals surface area contributed by atoms with Crippen molar-refractivity contribution in [2.45, 2.75) is 33.4 Å². The molecule has 0 aliphatic rings. The van der Waals surface area contributed by atoms with E-state index in [0.717, 1.165) is 14.2 Å². The average molecular weight is 180 g/mol. The third-order valence-electron chi connectivity index (χ3n) is 2.05. The maximum atomic E-state index is 2.28. The molecule has 0 amide bonds. The summed E-state index contributed by atoms with van der Waals surface area (Å²) in [5.41, 5.74) is 3.68. The van der Waals surface area contributed by atoms with Crippen LogP contribution in [0.5, 0.6) is 0 Å². The Balaban J connectivity index is 2.92. The highest BCUT2D eigenvalue weighted by molar-refractivity contribution is 7.48. The van der Waals surface area contributed by atoms with Crippen LogP contribution in [0, 0.1) is 13.8 Å². The van der Waals surface area contributed by atoms with Crippen LogP contribution in [0.1, 0.15) is 25.0 Å². The van der Waals surface area contributed by atoms with Crippen LogP contribution in [0.25, 0.3) is 0 Å². The molecule has 1 unspecified atom stereocenters. The Kier molecular flexibility index (Phi) is 3.29. The van der Waals surface area contributed by atoms with Gasteiger partial charge in [-0.15, -0.1) is 0 Å². The van der Waals surface area contributed by atoms with Crippen molar-refractivity contribution >= 4 is 13.9 Å². The smallest absolute Gasteiger partial charge is 0.0237 e. The minimum Gasteiger partial charge on any atom is -0.0875 e. The number of rotatable bonds is 2. The molecule has 1 rings (SSSR count). The zero-order valence-corrected chi connectivity index (χ0v) is 9.31. The SMILES string of the molecule is Cc1cccc(PC(C)C)c1C. The van der Waals surface area contributed by atoms with E-state index in [1.54, 1.807) is 0 Å². The van der Waals surface area contributed by atoms with Crippen LogP contribution < -0.4 is 5.30 Å². The van der Waals surface area contributed by atoms with Crippen LogP contribution in [-0.4, -0.2) is 5.66 Å². The molecule has 1 heteroatoms. The van der Waals surface area contributed by atoms with Gasteiger partial charge < -0.3 is 0 Å². The zero-order chi connectivity index (χ0) is 9.14. The Bertz CT molecular complexity index is 264. The monoisotopic (exact) mass is 180 g/mol. The predicted molar refractivity (Wildman–Crippen MR) is 59.0 cm³/mol. The number of hydrogen-bond donors (Lipinski definition) is 0. The Morgan fingerprint density at radius 1 is 1.17 bits per heavy atom. The molecule has 0 spiro atoms. The van der Waals surface area contributed by atoms with Crippen molar-refractivity contribution in [2.75, 3.05) is 0 Å². The van der Waals surface area contributed by atoms with Gasteiger partial charge in [-0.3, -0.25) is 0 Å². The first-order chi connectivity index (χ1) is 5.61. The van der Waals surface area contributed by atoms with Crippen molar-refractivity contribution in [3.63, 3.8) is 0 Å². The zero-order valence-electron chi connectivity index (χ0n) is 8.31. The van der Waals surface area contributed by atoms with Crippen LogP contribution in [-0.2, 0) is 0 Å². The molecule has 0 aromatic heterocycles. The van der Waals surface area contributed by atoms with Gasteiger partial charge in [0.1, 0.15) is 0 Å². The Labute approximate surface area is 77.2 Å². The van der Waals surface area contributed by atoms with Crippen molar-refractivity contribution in [2.24, 2.45) is 0 Å². The maximum absolute atomic E-state index is 2.28. The molecule has 12 heavy (non-hydrogen) atoms. The lowest BCUT2D eigenvalue weighted by atomic mass is 10.1. The minimum absolute atomic E-state index is 0.783. The fraction of sp³-hybridized carbons (Fsp3) is 0.455. The van der Waals surface area contributed by atoms with Gasteiger partial charge >= 0.3 is 0 Å². The van der Waals surface area contributed by atoms with E-state index in [1.165, 1.54) is 16.4 Å². The second-order valence-electron chi connectivity index (χ2n) is 3.55. The first kappa shape index (κ1) is 9.74. The van der Waals surface area contributed by atoms with Crippen molar-refractivity contribution in [3.05, 3.63) is 29.3 Å². The van der Waals surface area contributed by atoms with Gasteiger partial charge in [-0.1, -0.05) is 40.6 Å². The van der Waals surface area contributed by atoms with E-state index >= 15 is 0 Å². The highest BCUT2D eigenvalue weighted by atomic mass is 31.1. The second kappa shape index (κ2) is 4.05. The fourth-order valence-corrected chi connectivity index (χ4v) is 2.45. The molecule has 0 heterocycles. The lowest BCUT2D eigenvalue weighted by Gasteiger charge is -2.10. The predicted octanol–water partition coefficient (Wildman–Crippen LogP) is 3.02. The topological polar surface area (TPSA) is 0 Å². The molecule has 0 saturated carbocycles. The third kappa shape index (κ3) is 2.32. The molecule has 0 aliphatic carbocycles. The molecule has 1 aromatic carbocycles. The summed E-state index contributed by atoms with van der Waals surface area (Å²) >= 11 is 0. The Morgan fingerprint density at radius 3 is 2.42 bits per heavy atom. The van der Waals surface area contributed by atoms with Gasteiger partial charge in [0.15, 0.2) is 0 Å². The van der Waals surface area contributed by atoms with Gasteiger partial charge in [-0.05, 0) is 35.9 Å². The molecule has 0 bridgehead atoms. The fourth-order valence-electron chi connectivity index (χ4n) is 1.22. The van der Waals surface area contributed by atoms with Gasteiger partial charge in [-0.25, -0.2) is 0 Å². The molecule has 0 aliphatic heterocycles. The normalized spacial score (nSPS) is 11.8. The van der Waals surface area contributed by atoms with E-state index in [4.69, 9.17) is 0 Å². The van der Waals surface area contributed by atoms with Crippen LogP contribution in [0.4, 0.5) is 0 Å². The van der Waals surface area contributed by atoms with Crippen LogP contribution in [0.2, 0.25) is 0 Å². The molecule has 66 valence electrons. The number of aryl methyl sites for hydroxylation is 1. The standard InChI is InChI=1S/C11H17P/c1-8(2)12-11-7-5-6-9(3)10(11)4/h5-8,12H,1-4H3. The quantitative estimate of drug-likeness (QED) is 0.614. The molecule has 1 atom stereocenters. The summed E-state index contributed by atoms with van der Waals surface area (Å²) < 4.78 is 0. The van der Waals surface area contributed by atoms with Crippen LogP contribution >= 0.6 is 8.58 Å². The van der Waals surface area contributed by atoms with Crippen molar-refractivity contribution < 1.29 is 0 Å². The first-order valence-corrected chi connectivity index (χ1v) is 5.51. The molecule has 0 N–H and O–H groups in total. The maximum Gasteiger partial charge on any atom is -0.0237 e. The summed E-state index contributed by atoms with van der Waals surface area (Å²) in [6, 6.07) is 6.59. The van der Waals surface area contributed by atoms with Gasteiger partial charge in [0.05, 0.1) is 0 Å². The van der Waals surface area contributed by atoms with E-state index in [-0.39, 0.29) is 0 Å². The van der Waals surface area contributed by atoms with E-state index in [0.29, 0.717) is 0 Å². The van der Waals surface area contributed by atoms with Crippen molar-refractivity contribution in [3.8, 4) is 0 Å². The van der Waals surface area contributed by atoms with E-state index in [9.17, 15) is 0 Å². The summed E-state index contributed by atoms with van der Waals surface area (Å²) in [4.78, 5) is 0. The van der Waals surface area contributed by atoms with Crippen LogP contribution in [0.15, 0.2) is 18.2 Å².